The molecule has 0 radical (unpaired) electrons. The van der Waals surface area contributed by atoms with Gasteiger partial charge < -0.3 is 10.1 Å². The van der Waals surface area contributed by atoms with Crippen LogP contribution in [0, 0.1) is 0 Å². The third kappa shape index (κ3) is 8.08. The highest BCUT2D eigenvalue weighted by Crippen LogP contribution is 2.02. The van der Waals surface area contributed by atoms with Crippen LogP contribution in [-0.4, -0.2) is 49.8 Å². The Kier molecular flexibility index (Phi) is 9.99. The highest BCUT2D eigenvalue weighted by molar-refractivity contribution is 4.68. The van der Waals surface area contributed by atoms with Crippen molar-refractivity contribution < 1.29 is 4.74 Å². The molecule has 0 aromatic carbocycles. The number of nitrogens with one attached hydrogen (secondary N) is 1. The van der Waals surface area contributed by atoms with Gasteiger partial charge in [0, 0.05) is 38.3 Å². The maximum Gasteiger partial charge on any atom is 0.0590 e. The first-order chi connectivity index (χ1) is 7.59. The molecule has 0 heterocycles. The second kappa shape index (κ2) is 10.1. The number of nitrogens with zero attached hydrogens (tertiary/aromatic N) is 1. The molecule has 0 aromatic heterocycles. The van der Waals surface area contributed by atoms with Gasteiger partial charge in [-0.1, -0.05) is 6.92 Å². The standard InChI is InChI=1S/C13H30N2O/c1-6-10-16-11-8-14-7-9-15(12(2)3)13(4)5/h12-14H,6-11H2,1-5H3. The Bertz CT molecular complexity index is 141. The lowest BCUT2D eigenvalue weighted by molar-refractivity contribution is 0.133. The number of ether oxygens (including phenoxy) is 1. The van der Waals surface area contributed by atoms with Crippen LogP contribution in [0.5, 0.6) is 0 Å². The summed E-state index contributed by atoms with van der Waals surface area (Å²) in [5.41, 5.74) is 0. The minimum absolute atomic E-state index is 0.623. The molecule has 98 valence electrons. The normalized spacial score (nSPS) is 12.0. The first-order valence-corrected chi connectivity index (χ1v) is 6.63. The zero-order chi connectivity index (χ0) is 12.4. The summed E-state index contributed by atoms with van der Waals surface area (Å²) in [6.45, 7) is 16.0. The van der Waals surface area contributed by atoms with Crippen molar-refractivity contribution in [3.05, 3.63) is 0 Å². The van der Waals surface area contributed by atoms with Gasteiger partial charge in [0.1, 0.15) is 0 Å². The van der Waals surface area contributed by atoms with E-state index in [4.69, 9.17) is 4.74 Å². The Balaban J connectivity index is 3.41. The summed E-state index contributed by atoms with van der Waals surface area (Å²) in [6.07, 6.45) is 1.11. The molecular weight excluding hydrogens is 200 g/mol. The summed E-state index contributed by atoms with van der Waals surface area (Å²) in [5.74, 6) is 0. The van der Waals surface area contributed by atoms with E-state index in [9.17, 15) is 0 Å². The molecule has 0 aliphatic rings. The van der Waals surface area contributed by atoms with Crippen molar-refractivity contribution in [1.82, 2.24) is 10.2 Å². The van der Waals surface area contributed by atoms with Crippen LogP contribution in [0.1, 0.15) is 41.0 Å². The molecule has 0 fully saturated rings. The molecule has 0 aliphatic heterocycles. The van der Waals surface area contributed by atoms with E-state index in [1.807, 2.05) is 0 Å². The van der Waals surface area contributed by atoms with Crippen LogP contribution in [0.15, 0.2) is 0 Å². The van der Waals surface area contributed by atoms with Crippen molar-refractivity contribution in [2.45, 2.75) is 53.1 Å². The zero-order valence-electron chi connectivity index (χ0n) is 11.8. The van der Waals surface area contributed by atoms with E-state index in [1.54, 1.807) is 0 Å². The van der Waals surface area contributed by atoms with Crippen molar-refractivity contribution in [2.75, 3.05) is 32.8 Å². The molecule has 0 unspecified atom stereocenters. The third-order valence-electron chi connectivity index (χ3n) is 2.64. The van der Waals surface area contributed by atoms with E-state index in [0.29, 0.717) is 12.1 Å². The molecule has 0 aromatic rings. The molecular formula is C13H30N2O. The average molecular weight is 230 g/mol. The van der Waals surface area contributed by atoms with Gasteiger partial charge in [-0.05, 0) is 34.1 Å². The maximum atomic E-state index is 5.41. The van der Waals surface area contributed by atoms with Crippen molar-refractivity contribution in [1.29, 1.82) is 0 Å². The van der Waals surface area contributed by atoms with Gasteiger partial charge in [0.15, 0.2) is 0 Å². The lowest BCUT2D eigenvalue weighted by atomic mass is 10.2. The van der Waals surface area contributed by atoms with Gasteiger partial charge in [-0.25, -0.2) is 0 Å². The highest BCUT2D eigenvalue weighted by atomic mass is 16.5. The molecule has 0 amide bonds. The summed E-state index contributed by atoms with van der Waals surface area (Å²) in [4.78, 5) is 2.50. The second-order valence-corrected chi connectivity index (χ2v) is 4.79. The zero-order valence-corrected chi connectivity index (χ0v) is 11.8. The molecule has 0 spiro atoms. The summed E-state index contributed by atoms with van der Waals surface area (Å²) in [7, 11) is 0. The lowest BCUT2D eigenvalue weighted by Crippen LogP contribution is -2.41. The van der Waals surface area contributed by atoms with Crippen molar-refractivity contribution in [3.63, 3.8) is 0 Å². The first-order valence-electron chi connectivity index (χ1n) is 6.63. The predicted octanol–water partition coefficient (Wildman–Crippen LogP) is 2.12. The van der Waals surface area contributed by atoms with E-state index >= 15 is 0 Å². The Morgan fingerprint density at radius 1 is 1.00 bits per heavy atom. The first kappa shape index (κ1) is 15.9. The van der Waals surface area contributed by atoms with Gasteiger partial charge in [0.2, 0.25) is 0 Å². The van der Waals surface area contributed by atoms with Crippen molar-refractivity contribution >= 4 is 0 Å². The molecule has 0 saturated heterocycles. The molecule has 0 aliphatic carbocycles. The van der Waals surface area contributed by atoms with Gasteiger partial charge in [-0.2, -0.15) is 0 Å². The fourth-order valence-corrected chi connectivity index (χ4v) is 1.84. The molecule has 0 atom stereocenters. The molecule has 3 heteroatoms. The number of hydrogen-bond acceptors (Lipinski definition) is 3. The van der Waals surface area contributed by atoms with E-state index < -0.39 is 0 Å². The van der Waals surface area contributed by atoms with Gasteiger partial charge in [0.05, 0.1) is 6.61 Å². The molecule has 16 heavy (non-hydrogen) atoms. The highest BCUT2D eigenvalue weighted by Gasteiger charge is 2.11. The largest absolute Gasteiger partial charge is 0.380 e. The monoisotopic (exact) mass is 230 g/mol. The Morgan fingerprint density at radius 2 is 1.62 bits per heavy atom. The average Bonchev–Trinajstić information content (AvgIpc) is 2.21. The molecule has 0 rings (SSSR count). The van der Waals surface area contributed by atoms with Gasteiger partial charge >= 0.3 is 0 Å². The number of hydrogen-bond donors (Lipinski definition) is 1. The van der Waals surface area contributed by atoms with Gasteiger partial charge in [-0.3, -0.25) is 4.90 Å². The third-order valence-corrected chi connectivity index (χ3v) is 2.64. The number of rotatable bonds is 10. The molecule has 1 N–H and O–H groups in total. The van der Waals surface area contributed by atoms with Gasteiger partial charge in [-0.15, -0.1) is 0 Å². The van der Waals surface area contributed by atoms with Crippen molar-refractivity contribution in [2.24, 2.45) is 0 Å². The molecule has 3 nitrogen and oxygen atoms in total. The summed E-state index contributed by atoms with van der Waals surface area (Å²) < 4.78 is 5.41. The molecule has 0 bridgehead atoms. The van der Waals surface area contributed by atoms with E-state index in [0.717, 1.165) is 39.3 Å². The topological polar surface area (TPSA) is 24.5 Å². The fraction of sp³-hybridized carbons (Fsp3) is 1.00. The predicted molar refractivity (Wildman–Crippen MR) is 71.0 cm³/mol. The maximum absolute atomic E-state index is 5.41. The van der Waals surface area contributed by atoms with Crippen LogP contribution in [0.25, 0.3) is 0 Å². The van der Waals surface area contributed by atoms with Gasteiger partial charge in [0.25, 0.3) is 0 Å². The van der Waals surface area contributed by atoms with Crippen LogP contribution in [-0.2, 0) is 4.74 Å². The Labute approximate surface area is 102 Å². The van der Waals surface area contributed by atoms with Crippen LogP contribution in [0.3, 0.4) is 0 Å². The Morgan fingerprint density at radius 3 is 2.12 bits per heavy atom. The van der Waals surface area contributed by atoms with Crippen LogP contribution in [0.2, 0.25) is 0 Å². The Hall–Kier alpha value is -0.120. The SMILES string of the molecule is CCCOCCNCCN(C(C)C)C(C)C. The minimum atomic E-state index is 0.623. The van der Waals surface area contributed by atoms with Crippen LogP contribution >= 0.6 is 0 Å². The van der Waals surface area contributed by atoms with E-state index in [2.05, 4.69) is 44.8 Å². The van der Waals surface area contributed by atoms with Crippen LogP contribution in [0.4, 0.5) is 0 Å². The quantitative estimate of drug-likeness (QED) is 0.582. The summed E-state index contributed by atoms with van der Waals surface area (Å²) in [6, 6.07) is 1.25. The second-order valence-electron chi connectivity index (χ2n) is 4.79. The smallest absolute Gasteiger partial charge is 0.0590 e. The fourth-order valence-electron chi connectivity index (χ4n) is 1.84. The van der Waals surface area contributed by atoms with Crippen LogP contribution < -0.4 is 5.32 Å². The van der Waals surface area contributed by atoms with E-state index in [1.165, 1.54) is 0 Å². The van der Waals surface area contributed by atoms with Crippen molar-refractivity contribution in [3.8, 4) is 0 Å². The summed E-state index contributed by atoms with van der Waals surface area (Å²) >= 11 is 0. The lowest BCUT2D eigenvalue weighted by Gasteiger charge is -2.30. The minimum Gasteiger partial charge on any atom is -0.380 e. The van der Waals surface area contributed by atoms with E-state index in [-0.39, 0.29) is 0 Å². The summed E-state index contributed by atoms with van der Waals surface area (Å²) in [5, 5.41) is 3.42. The molecule has 0 saturated carbocycles.